The molecule has 0 radical (unpaired) electrons. The highest BCUT2D eigenvalue weighted by molar-refractivity contribution is 7.09. The van der Waals surface area contributed by atoms with E-state index in [-0.39, 0.29) is 18.0 Å². The van der Waals surface area contributed by atoms with Crippen LogP contribution in [0.25, 0.3) is 5.69 Å². The fourth-order valence-corrected chi connectivity index (χ4v) is 3.52. The Hall–Kier alpha value is -3.34. The van der Waals surface area contributed by atoms with Gasteiger partial charge in [0.25, 0.3) is 0 Å². The van der Waals surface area contributed by atoms with Gasteiger partial charge < -0.3 is 14.4 Å². The molecular formula is C18H15F2N5O3S. The average Bonchev–Trinajstić information content (AvgIpc) is 3.19. The lowest BCUT2D eigenvalue weighted by atomic mass is 10.3. The topological polar surface area (TPSA) is 81.8 Å². The van der Waals surface area contributed by atoms with E-state index in [2.05, 4.69) is 24.4 Å². The van der Waals surface area contributed by atoms with E-state index < -0.39 is 12.3 Å². The van der Waals surface area contributed by atoms with Gasteiger partial charge in [-0.1, -0.05) is 0 Å². The quantitative estimate of drug-likeness (QED) is 0.652. The first-order valence-corrected chi connectivity index (χ1v) is 9.26. The third-order valence-electron chi connectivity index (χ3n) is 3.97. The molecule has 3 aromatic rings. The number of urea groups is 1. The molecule has 4 rings (SSSR count). The van der Waals surface area contributed by atoms with Crippen LogP contribution in [0.4, 0.5) is 13.6 Å². The van der Waals surface area contributed by atoms with Gasteiger partial charge in [-0.3, -0.25) is 14.5 Å². The molecule has 0 unspecified atom stereocenters. The number of fused-ring (bicyclic) bond motifs is 1. The summed E-state index contributed by atoms with van der Waals surface area (Å²) in [4.78, 5) is 27.5. The number of rotatable bonds is 3. The number of aromatic nitrogens is 3. The van der Waals surface area contributed by atoms with Gasteiger partial charge in [0.1, 0.15) is 0 Å². The molecule has 1 aromatic carbocycles. The lowest BCUT2D eigenvalue weighted by Gasteiger charge is -2.13. The number of amides is 2. The molecule has 1 aliphatic rings. The fourth-order valence-electron chi connectivity index (χ4n) is 2.70. The van der Waals surface area contributed by atoms with E-state index >= 15 is 0 Å². The number of aryl methyl sites for hydroxylation is 1. The first-order chi connectivity index (χ1) is 13.8. The van der Waals surface area contributed by atoms with Gasteiger partial charge in [0, 0.05) is 36.6 Å². The molecular weight excluding hydrogens is 404 g/mol. The highest BCUT2D eigenvalue weighted by atomic mass is 32.1. The van der Waals surface area contributed by atoms with Crippen LogP contribution in [-0.2, 0) is 6.54 Å². The number of carbonyl (C=O) groups excluding carboxylic acids is 1. The number of hydrogen-bond donors (Lipinski definition) is 0. The Bertz CT molecular complexity index is 1130. The van der Waals surface area contributed by atoms with Gasteiger partial charge in [-0.25, -0.2) is 4.79 Å². The van der Waals surface area contributed by atoms with Crippen LogP contribution in [0.5, 0.6) is 11.5 Å². The summed E-state index contributed by atoms with van der Waals surface area (Å²) in [6.45, 7) is 2.11. The van der Waals surface area contributed by atoms with Gasteiger partial charge in [-0.05, 0) is 19.1 Å². The highest BCUT2D eigenvalue weighted by Gasteiger charge is 2.43. The number of ether oxygens (including phenoxy) is 2. The largest absolute Gasteiger partial charge is 0.586 e. The smallest absolute Gasteiger partial charge is 0.395 e. The minimum absolute atomic E-state index is 0.0513. The molecule has 150 valence electrons. The Morgan fingerprint density at radius 3 is 2.86 bits per heavy atom. The van der Waals surface area contributed by atoms with Crippen molar-refractivity contribution in [1.82, 2.24) is 19.4 Å². The Morgan fingerprint density at radius 1 is 1.31 bits per heavy atom. The Morgan fingerprint density at radius 2 is 2.10 bits per heavy atom. The normalized spacial score (nSPS) is 14.8. The Labute approximate surface area is 167 Å². The molecule has 0 spiro atoms. The van der Waals surface area contributed by atoms with Crippen molar-refractivity contribution in [2.45, 2.75) is 19.8 Å². The number of benzene rings is 1. The molecule has 0 N–H and O–H groups in total. The molecule has 8 nitrogen and oxygen atoms in total. The van der Waals surface area contributed by atoms with Crippen LogP contribution in [0.2, 0.25) is 0 Å². The van der Waals surface area contributed by atoms with Crippen molar-refractivity contribution in [1.29, 1.82) is 0 Å². The molecule has 0 aliphatic carbocycles. The third kappa shape index (κ3) is 4.09. The summed E-state index contributed by atoms with van der Waals surface area (Å²) in [5.74, 6) is -0.134. The highest BCUT2D eigenvalue weighted by Crippen LogP contribution is 2.41. The predicted molar refractivity (Wildman–Crippen MR) is 99.0 cm³/mol. The summed E-state index contributed by atoms with van der Waals surface area (Å²) in [6.07, 6.45) is 2.73. The molecule has 1 aliphatic heterocycles. The van der Waals surface area contributed by atoms with E-state index in [1.54, 1.807) is 42.5 Å². The van der Waals surface area contributed by atoms with Crippen LogP contribution >= 0.6 is 11.3 Å². The summed E-state index contributed by atoms with van der Waals surface area (Å²) in [5.41, 5.74) is 1.14. The molecule has 29 heavy (non-hydrogen) atoms. The minimum Gasteiger partial charge on any atom is -0.395 e. The maximum absolute atomic E-state index is 13.3. The summed E-state index contributed by atoms with van der Waals surface area (Å²) in [7, 11) is 1.61. The van der Waals surface area contributed by atoms with Crippen molar-refractivity contribution in [2.75, 3.05) is 7.05 Å². The molecule has 0 saturated heterocycles. The average molecular weight is 419 g/mol. The van der Waals surface area contributed by atoms with E-state index in [0.29, 0.717) is 16.2 Å². The van der Waals surface area contributed by atoms with E-state index in [1.807, 2.05) is 6.92 Å². The van der Waals surface area contributed by atoms with Gasteiger partial charge in [-0.15, -0.1) is 20.1 Å². The standard InChI is InChI=1S/C18H15F2N5O3S/c1-11-9-25(13-3-4-14-15(7-13)28-18(19,20)27-14)17(29-11)23-16(26)24(2)10-12-8-21-5-6-22-12/h3-9H,10H2,1-2H3/b23-17-. The van der Waals surface area contributed by atoms with E-state index in [1.165, 1.54) is 28.4 Å². The van der Waals surface area contributed by atoms with Crippen LogP contribution in [0, 0.1) is 6.92 Å². The van der Waals surface area contributed by atoms with Crippen LogP contribution in [0.15, 0.2) is 48.0 Å². The van der Waals surface area contributed by atoms with Gasteiger partial charge in [0.15, 0.2) is 16.3 Å². The number of nitrogens with zero attached hydrogens (tertiary/aromatic N) is 5. The number of hydrogen-bond acceptors (Lipinski definition) is 6. The zero-order valence-electron chi connectivity index (χ0n) is 15.4. The van der Waals surface area contributed by atoms with Crippen LogP contribution in [0.3, 0.4) is 0 Å². The molecule has 0 atom stereocenters. The monoisotopic (exact) mass is 419 g/mol. The summed E-state index contributed by atoms with van der Waals surface area (Å²) in [5, 5.41) is 0. The molecule has 0 fully saturated rings. The van der Waals surface area contributed by atoms with Crippen molar-refractivity contribution < 1.29 is 23.0 Å². The zero-order chi connectivity index (χ0) is 20.6. The lowest BCUT2D eigenvalue weighted by Crippen LogP contribution is -2.26. The minimum atomic E-state index is -3.69. The molecule has 3 heterocycles. The second-order valence-corrected chi connectivity index (χ2v) is 7.45. The van der Waals surface area contributed by atoms with Crippen molar-refractivity contribution in [3.8, 4) is 17.2 Å². The molecule has 0 bridgehead atoms. The first kappa shape index (κ1) is 19.0. The van der Waals surface area contributed by atoms with Crippen molar-refractivity contribution in [3.63, 3.8) is 0 Å². The van der Waals surface area contributed by atoms with Crippen molar-refractivity contribution >= 4 is 17.4 Å². The van der Waals surface area contributed by atoms with Crippen LogP contribution in [-0.4, -0.2) is 38.8 Å². The second kappa shape index (κ2) is 7.24. The predicted octanol–water partition coefficient (Wildman–Crippen LogP) is 3.11. The maximum atomic E-state index is 13.3. The maximum Gasteiger partial charge on any atom is 0.586 e. The van der Waals surface area contributed by atoms with E-state index in [4.69, 9.17) is 0 Å². The number of halogens is 2. The van der Waals surface area contributed by atoms with Gasteiger partial charge in [-0.2, -0.15) is 4.99 Å². The summed E-state index contributed by atoms with van der Waals surface area (Å²) < 4.78 is 37.1. The second-order valence-electron chi connectivity index (χ2n) is 6.24. The van der Waals surface area contributed by atoms with Gasteiger partial charge >= 0.3 is 12.3 Å². The van der Waals surface area contributed by atoms with Crippen LogP contribution in [0.1, 0.15) is 10.6 Å². The fraction of sp³-hybridized carbons (Fsp3) is 0.222. The molecule has 2 aromatic heterocycles. The SMILES string of the molecule is Cc1cn(-c2ccc3c(c2)OC(F)(F)O3)/c(=N/C(=O)N(C)Cc2cnccn2)s1. The van der Waals surface area contributed by atoms with E-state index in [0.717, 1.165) is 4.88 Å². The lowest BCUT2D eigenvalue weighted by molar-refractivity contribution is -0.286. The molecule has 11 heteroatoms. The number of carbonyl (C=O) groups is 1. The third-order valence-corrected chi connectivity index (χ3v) is 4.86. The summed E-state index contributed by atoms with van der Waals surface area (Å²) >= 11 is 1.29. The first-order valence-electron chi connectivity index (χ1n) is 8.45. The van der Waals surface area contributed by atoms with Crippen molar-refractivity contribution in [2.24, 2.45) is 4.99 Å². The number of thiazole rings is 1. The number of alkyl halides is 2. The van der Waals surface area contributed by atoms with Crippen LogP contribution < -0.4 is 14.3 Å². The molecule has 0 saturated carbocycles. The summed E-state index contributed by atoms with van der Waals surface area (Å²) in [6, 6.07) is 3.91. The van der Waals surface area contributed by atoms with Gasteiger partial charge in [0.2, 0.25) is 0 Å². The molecule has 2 amide bonds. The Kier molecular flexibility index (Phi) is 4.74. The van der Waals surface area contributed by atoms with E-state index in [9.17, 15) is 13.6 Å². The van der Waals surface area contributed by atoms with Gasteiger partial charge in [0.05, 0.1) is 24.1 Å². The van der Waals surface area contributed by atoms with Crippen molar-refractivity contribution in [3.05, 3.63) is 58.4 Å². The Balaban J connectivity index is 1.63. The zero-order valence-corrected chi connectivity index (χ0v) is 16.2.